The average molecular weight is 476 g/mol. The lowest BCUT2D eigenvalue weighted by molar-refractivity contribution is -0.121. The molecule has 0 aliphatic carbocycles. The number of amides is 1. The van der Waals surface area contributed by atoms with Gasteiger partial charge in [0.05, 0.1) is 18.2 Å². The number of likely N-dealkylation sites (tertiary alicyclic amines) is 1. The molecule has 150 valence electrons. The zero-order valence-corrected chi connectivity index (χ0v) is 18.0. The van der Waals surface area contributed by atoms with Gasteiger partial charge in [-0.1, -0.05) is 28.9 Å². The molecule has 6 nitrogen and oxygen atoms in total. The number of carbonyl (C=O) groups is 1. The Bertz CT molecular complexity index is 992. The summed E-state index contributed by atoms with van der Waals surface area (Å²) in [5, 5.41) is 7.75. The molecule has 1 aromatic heterocycles. The van der Waals surface area contributed by atoms with Crippen LogP contribution in [-0.4, -0.2) is 34.0 Å². The Balaban J connectivity index is 1.37. The zero-order valence-electron chi connectivity index (χ0n) is 15.6. The molecule has 1 unspecified atom stereocenters. The largest absolute Gasteiger partial charge is 0.338 e. The van der Waals surface area contributed by atoms with Crippen LogP contribution in [0.3, 0.4) is 0 Å². The Morgan fingerprint density at radius 2 is 2.03 bits per heavy atom. The molecule has 0 radical (unpaired) electrons. The smallest absolute Gasteiger partial charge is 0.241 e. The van der Waals surface area contributed by atoms with Gasteiger partial charge in [0.15, 0.2) is 0 Å². The van der Waals surface area contributed by atoms with Crippen molar-refractivity contribution in [3.8, 4) is 11.4 Å². The molecule has 8 heteroatoms. The minimum absolute atomic E-state index is 0.0361. The molecule has 1 saturated heterocycles. The van der Waals surface area contributed by atoms with Crippen LogP contribution in [0.2, 0.25) is 5.02 Å². The van der Waals surface area contributed by atoms with Crippen LogP contribution in [0.25, 0.3) is 11.4 Å². The van der Waals surface area contributed by atoms with Crippen molar-refractivity contribution in [1.29, 1.82) is 0 Å². The van der Waals surface area contributed by atoms with E-state index < -0.39 is 0 Å². The molecule has 0 bridgehead atoms. The lowest BCUT2D eigenvalue weighted by Crippen LogP contribution is -2.40. The van der Waals surface area contributed by atoms with E-state index >= 15 is 0 Å². The van der Waals surface area contributed by atoms with Crippen molar-refractivity contribution in [1.82, 2.24) is 15.0 Å². The maximum absolute atomic E-state index is 12.7. The summed E-state index contributed by atoms with van der Waals surface area (Å²) in [6, 6.07) is 14.9. The number of anilines is 1. The first-order chi connectivity index (χ1) is 14.1. The molecule has 1 aliphatic heterocycles. The third-order valence-corrected chi connectivity index (χ3v) is 5.88. The van der Waals surface area contributed by atoms with Gasteiger partial charge < -0.3 is 9.84 Å². The number of benzene rings is 2. The Labute approximate surface area is 182 Å². The highest BCUT2D eigenvalue weighted by Crippen LogP contribution is 2.25. The first-order valence-corrected chi connectivity index (χ1v) is 10.6. The van der Waals surface area contributed by atoms with E-state index in [1.165, 1.54) is 0 Å². The van der Waals surface area contributed by atoms with Gasteiger partial charge in [-0.25, -0.2) is 0 Å². The van der Waals surface area contributed by atoms with Crippen molar-refractivity contribution < 1.29 is 9.32 Å². The van der Waals surface area contributed by atoms with Gasteiger partial charge in [-0.05, 0) is 71.7 Å². The number of aromatic nitrogens is 2. The summed E-state index contributed by atoms with van der Waals surface area (Å²) in [5.74, 6) is 1.04. The maximum Gasteiger partial charge on any atom is 0.241 e. The fourth-order valence-electron chi connectivity index (χ4n) is 3.44. The summed E-state index contributed by atoms with van der Waals surface area (Å²) in [6.45, 7) is 2.09. The number of nitrogens with one attached hydrogen (secondary N) is 1. The van der Waals surface area contributed by atoms with Gasteiger partial charge in [0.25, 0.3) is 0 Å². The number of piperidine rings is 1. The second kappa shape index (κ2) is 9.07. The third-order valence-electron chi connectivity index (χ3n) is 4.94. The van der Waals surface area contributed by atoms with Gasteiger partial charge in [0, 0.05) is 21.6 Å². The highest BCUT2D eigenvalue weighted by Gasteiger charge is 2.27. The van der Waals surface area contributed by atoms with Crippen LogP contribution < -0.4 is 5.32 Å². The third kappa shape index (κ3) is 5.04. The number of nitrogens with zero attached hydrogens (tertiary/aromatic N) is 3. The molecule has 4 rings (SSSR count). The SMILES string of the molecule is O=C(Nc1ccccc1Br)C1CCCN(Cc2nc(-c3ccc(Cl)cc3)no2)C1. The fourth-order valence-corrected chi connectivity index (χ4v) is 3.95. The lowest BCUT2D eigenvalue weighted by atomic mass is 9.97. The molecule has 1 fully saturated rings. The molecular weight excluding hydrogens is 456 g/mol. The normalized spacial score (nSPS) is 17.2. The summed E-state index contributed by atoms with van der Waals surface area (Å²) in [5.41, 5.74) is 1.65. The van der Waals surface area contributed by atoms with Gasteiger partial charge in [-0.2, -0.15) is 4.98 Å². The number of hydrogen-bond acceptors (Lipinski definition) is 5. The van der Waals surface area contributed by atoms with E-state index in [-0.39, 0.29) is 11.8 Å². The van der Waals surface area contributed by atoms with E-state index in [0.717, 1.165) is 35.1 Å². The van der Waals surface area contributed by atoms with E-state index in [4.69, 9.17) is 16.1 Å². The van der Waals surface area contributed by atoms with Crippen molar-refractivity contribution in [2.24, 2.45) is 5.92 Å². The van der Waals surface area contributed by atoms with Crippen molar-refractivity contribution in [2.45, 2.75) is 19.4 Å². The number of rotatable bonds is 5. The van der Waals surface area contributed by atoms with Gasteiger partial charge >= 0.3 is 0 Å². The molecule has 1 atom stereocenters. The number of halogens is 2. The molecule has 29 heavy (non-hydrogen) atoms. The Morgan fingerprint density at radius 1 is 1.24 bits per heavy atom. The van der Waals surface area contributed by atoms with Crippen molar-refractivity contribution >= 4 is 39.1 Å². The number of para-hydroxylation sites is 1. The monoisotopic (exact) mass is 474 g/mol. The van der Waals surface area contributed by atoms with Crippen LogP contribution in [0, 0.1) is 5.92 Å². The second-order valence-corrected chi connectivity index (χ2v) is 8.35. The van der Waals surface area contributed by atoms with E-state index in [0.29, 0.717) is 29.8 Å². The van der Waals surface area contributed by atoms with Crippen molar-refractivity contribution in [3.05, 3.63) is 63.9 Å². The molecule has 0 saturated carbocycles. The quantitative estimate of drug-likeness (QED) is 0.562. The Kier molecular flexibility index (Phi) is 6.28. The lowest BCUT2D eigenvalue weighted by Gasteiger charge is -2.30. The maximum atomic E-state index is 12.7. The molecule has 2 aromatic carbocycles. The van der Waals surface area contributed by atoms with Gasteiger partial charge in [-0.15, -0.1) is 0 Å². The molecule has 1 aliphatic rings. The standard InChI is InChI=1S/C21H20BrClN4O2/c22-17-5-1-2-6-18(17)24-21(28)15-4-3-11-27(12-15)13-19-25-20(26-29-19)14-7-9-16(23)10-8-14/h1-2,5-10,15H,3-4,11-13H2,(H,24,28). The summed E-state index contributed by atoms with van der Waals surface area (Å²) >= 11 is 9.40. The summed E-state index contributed by atoms with van der Waals surface area (Å²) < 4.78 is 6.29. The molecule has 2 heterocycles. The molecular formula is C21H20BrClN4O2. The summed E-state index contributed by atoms with van der Waals surface area (Å²) in [4.78, 5) is 19.4. The van der Waals surface area contributed by atoms with Crippen molar-refractivity contribution in [3.63, 3.8) is 0 Å². The molecule has 1 N–H and O–H groups in total. The highest BCUT2D eigenvalue weighted by molar-refractivity contribution is 9.10. The average Bonchev–Trinajstić information content (AvgIpc) is 3.19. The van der Waals surface area contributed by atoms with Crippen LogP contribution in [0.5, 0.6) is 0 Å². The van der Waals surface area contributed by atoms with E-state index in [1.54, 1.807) is 12.1 Å². The fraction of sp³-hybridized carbons (Fsp3) is 0.286. The Morgan fingerprint density at radius 3 is 2.83 bits per heavy atom. The molecule has 3 aromatic rings. The Hall–Kier alpha value is -2.22. The highest BCUT2D eigenvalue weighted by atomic mass is 79.9. The first-order valence-electron chi connectivity index (χ1n) is 9.45. The van der Waals surface area contributed by atoms with E-state index in [2.05, 4.69) is 36.3 Å². The van der Waals surface area contributed by atoms with Crippen LogP contribution in [-0.2, 0) is 11.3 Å². The zero-order chi connectivity index (χ0) is 20.2. The van der Waals surface area contributed by atoms with Gasteiger partial charge in [0.2, 0.25) is 17.6 Å². The summed E-state index contributed by atoms with van der Waals surface area (Å²) in [7, 11) is 0. The molecule has 1 amide bonds. The van der Waals surface area contributed by atoms with Gasteiger partial charge in [0.1, 0.15) is 0 Å². The molecule has 0 spiro atoms. The predicted octanol–water partition coefficient (Wildman–Crippen LogP) is 5.00. The number of carbonyl (C=O) groups excluding carboxylic acids is 1. The van der Waals surface area contributed by atoms with E-state index in [9.17, 15) is 4.79 Å². The summed E-state index contributed by atoms with van der Waals surface area (Å²) in [6.07, 6.45) is 1.82. The second-order valence-electron chi connectivity index (χ2n) is 7.06. The van der Waals surface area contributed by atoms with Gasteiger partial charge in [-0.3, -0.25) is 9.69 Å². The first kappa shape index (κ1) is 20.1. The number of hydrogen-bond donors (Lipinski definition) is 1. The van der Waals surface area contributed by atoms with Crippen LogP contribution in [0.15, 0.2) is 57.5 Å². The van der Waals surface area contributed by atoms with Crippen LogP contribution in [0.4, 0.5) is 5.69 Å². The van der Waals surface area contributed by atoms with Crippen LogP contribution in [0.1, 0.15) is 18.7 Å². The minimum atomic E-state index is -0.0745. The predicted molar refractivity (Wildman–Crippen MR) is 116 cm³/mol. The van der Waals surface area contributed by atoms with E-state index in [1.807, 2.05) is 36.4 Å². The minimum Gasteiger partial charge on any atom is -0.338 e. The van der Waals surface area contributed by atoms with Crippen LogP contribution >= 0.6 is 27.5 Å². The van der Waals surface area contributed by atoms with Crippen molar-refractivity contribution in [2.75, 3.05) is 18.4 Å². The topological polar surface area (TPSA) is 71.3 Å².